The zero-order valence-electron chi connectivity index (χ0n) is 14.4. The summed E-state index contributed by atoms with van der Waals surface area (Å²) in [6.07, 6.45) is 7.89. The Morgan fingerprint density at radius 1 is 0.769 bits per heavy atom. The van der Waals surface area contributed by atoms with Gasteiger partial charge in [-0.15, -0.1) is 0 Å². The van der Waals surface area contributed by atoms with Gasteiger partial charge in [0.25, 0.3) is 0 Å². The molecule has 0 radical (unpaired) electrons. The molecule has 0 unspecified atom stereocenters. The van der Waals surface area contributed by atoms with Crippen molar-refractivity contribution in [1.82, 2.24) is 0 Å². The first-order chi connectivity index (χ1) is 12.7. The number of allylic oxidation sites excluding steroid dienone is 4. The molecule has 1 aliphatic carbocycles. The van der Waals surface area contributed by atoms with Crippen LogP contribution in [0.4, 0.5) is 0 Å². The second-order valence-electron chi connectivity index (χ2n) is 7.12. The van der Waals surface area contributed by atoms with Gasteiger partial charge in [0.15, 0.2) is 0 Å². The molecule has 6 rings (SSSR count). The molecule has 0 fully saturated rings. The minimum absolute atomic E-state index is 0.242. The number of fused-ring (bicyclic) bond motifs is 4. The van der Waals surface area contributed by atoms with Gasteiger partial charge in [-0.3, -0.25) is 0 Å². The molecule has 2 heterocycles. The number of aryl methyl sites for hydroxylation is 1. The van der Waals surface area contributed by atoms with Crippen LogP contribution in [0.3, 0.4) is 0 Å². The van der Waals surface area contributed by atoms with Crippen molar-refractivity contribution in [2.75, 3.05) is 0 Å². The molecule has 0 amide bonds. The number of rotatable bonds is 1. The molecule has 1 aliphatic rings. The van der Waals surface area contributed by atoms with Gasteiger partial charge in [-0.25, -0.2) is 0 Å². The quantitative estimate of drug-likeness (QED) is 0.190. The third kappa shape index (κ3) is 2.41. The Kier molecular flexibility index (Phi) is 3.41. The molecule has 0 spiro atoms. The van der Waals surface area contributed by atoms with E-state index in [-0.39, 0.29) is 20.4 Å². The van der Waals surface area contributed by atoms with Crippen molar-refractivity contribution < 1.29 is 0 Å². The van der Waals surface area contributed by atoms with Gasteiger partial charge in [-0.1, -0.05) is 0 Å². The van der Waals surface area contributed by atoms with Crippen LogP contribution < -0.4 is 0 Å². The van der Waals surface area contributed by atoms with E-state index in [1.54, 1.807) is 16.8 Å². The van der Waals surface area contributed by atoms with Gasteiger partial charge >= 0.3 is 169 Å². The topological polar surface area (TPSA) is 0 Å². The van der Waals surface area contributed by atoms with Crippen molar-refractivity contribution in [2.45, 2.75) is 13.3 Å². The van der Waals surface area contributed by atoms with Crippen LogP contribution in [0.5, 0.6) is 0 Å². The predicted octanol–water partition coefficient (Wildman–Crippen LogP) is 6.07. The van der Waals surface area contributed by atoms with Gasteiger partial charge in [-0.05, 0) is 0 Å². The van der Waals surface area contributed by atoms with E-state index >= 15 is 0 Å². The molecule has 5 aromatic rings. The van der Waals surface area contributed by atoms with E-state index in [1.807, 2.05) is 0 Å². The van der Waals surface area contributed by atoms with Crippen molar-refractivity contribution in [2.24, 2.45) is 0 Å². The Balaban J connectivity index is 1.61. The Labute approximate surface area is 167 Å². The number of hydrogen-bond acceptors (Lipinski definition) is 0. The second-order valence-corrected chi connectivity index (χ2v) is 12.9. The third-order valence-corrected chi connectivity index (χ3v) is 10.8. The summed E-state index contributed by atoms with van der Waals surface area (Å²) in [5.74, 6) is 0. The molecule has 124 valence electrons. The van der Waals surface area contributed by atoms with Crippen molar-refractivity contribution in [3.63, 3.8) is 0 Å². The SMILES string of the molecule is Cc1cc2cc3cc4cc5cc(C6=CC=CC6)[te]c5cc4cc3cc2[se]1. The Hall–Kier alpha value is -1.55. The van der Waals surface area contributed by atoms with E-state index < -0.39 is 0 Å². The maximum absolute atomic E-state index is 2.47. The van der Waals surface area contributed by atoms with E-state index in [9.17, 15) is 0 Å². The van der Waals surface area contributed by atoms with Crippen molar-refractivity contribution in [3.8, 4) is 0 Å². The Morgan fingerprint density at radius 2 is 1.50 bits per heavy atom. The molecule has 2 heteroatoms. The number of benzene rings is 3. The van der Waals surface area contributed by atoms with Crippen LogP contribution in [0, 0.1) is 6.92 Å². The summed E-state index contributed by atoms with van der Waals surface area (Å²) >= 11 is 0.277. The van der Waals surface area contributed by atoms with Gasteiger partial charge in [-0.2, -0.15) is 0 Å². The first-order valence-electron chi connectivity index (χ1n) is 8.90. The molecule has 0 saturated carbocycles. The van der Waals surface area contributed by atoms with Crippen LogP contribution in [0.1, 0.15) is 14.4 Å². The van der Waals surface area contributed by atoms with E-state index in [4.69, 9.17) is 0 Å². The Bertz CT molecular complexity index is 1320. The van der Waals surface area contributed by atoms with Crippen LogP contribution in [-0.2, 0) is 0 Å². The summed E-state index contributed by atoms with van der Waals surface area (Å²) in [5, 5.41) is 8.45. The van der Waals surface area contributed by atoms with Crippen molar-refractivity contribution in [1.29, 1.82) is 0 Å². The maximum atomic E-state index is 2.47. The summed E-state index contributed by atoms with van der Waals surface area (Å²) < 4.78 is 6.30. The molecule has 0 N–H and O–H groups in total. The van der Waals surface area contributed by atoms with Crippen LogP contribution in [0.25, 0.3) is 45.6 Å². The van der Waals surface area contributed by atoms with Gasteiger partial charge < -0.3 is 0 Å². The molecule has 3 aromatic carbocycles. The van der Waals surface area contributed by atoms with Gasteiger partial charge in [0.2, 0.25) is 0 Å². The molecule has 0 aliphatic heterocycles. The predicted molar refractivity (Wildman–Crippen MR) is 117 cm³/mol. The van der Waals surface area contributed by atoms with E-state index in [0.29, 0.717) is 14.5 Å². The fourth-order valence-corrected chi connectivity index (χ4v) is 9.22. The van der Waals surface area contributed by atoms with Crippen molar-refractivity contribution in [3.05, 3.63) is 74.8 Å². The molecule has 2 aromatic heterocycles. The van der Waals surface area contributed by atoms with E-state index in [0.717, 1.165) is 6.42 Å². The number of hydrogen-bond donors (Lipinski definition) is 0. The first kappa shape index (κ1) is 15.5. The normalized spacial score (nSPS) is 14.3. The standard InChI is InChI=1S/C24H16SeTe/c1-14-6-20-9-16-7-17-10-21-13-23(15-4-2-3-5-15)26-24(21)12-19(17)8-18(16)11-22(20)25-14/h2-4,6-13H,5H2,1H3. The zero-order chi connectivity index (χ0) is 17.3. The van der Waals surface area contributed by atoms with Crippen LogP contribution in [-0.4, -0.2) is 34.9 Å². The second kappa shape index (κ2) is 5.72. The third-order valence-electron chi connectivity index (χ3n) is 5.28. The fourth-order valence-electron chi connectivity index (χ4n) is 4.00. The van der Waals surface area contributed by atoms with E-state index in [2.05, 4.69) is 73.7 Å². The zero-order valence-corrected chi connectivity index (χ0v) is 18.4. The van der Waals surface area contributed by atoms with Crippen LogP contribution in [0.15, 0.2) is 66.8 Å². The van der Waals surface area contributed by atoms with Gasteiger partial charge in [0, 0.05) is 0 Å². The van der Waals surface area contributed by atoms with Crippen molar-refractivity contribution >= 4 is 80.5 Å². The summed E-state index contributed by atoms with van der Waals surface area (Å²) in [4.78, 5) is 0. The molecule has 0 nitrogen and oxygen atoms in total. The fraction of sp³-hybridized carbons (Fsp3) is 0.0833. The van der Waals surface area contributed by atoms with Gasteiger partial charge in [0.05, 0.1) is 0 Å². The first-order valence-corrected chi connectivity index (χ1v) is 12.9. The summed E-state index contributed by atoms with van der Waals surface area (Å²) in [7, 11) is 0. The molecule has 0 bridgehead atoms. The molecular formula is C24H16SeTe. The molecule has 0 atom stereocenters. The average Bonchev–Trinajstić information content (AvgIpc) is 3.33. The molecule has 0 saturated heterocycles. The minimum atomic E-state index is -0.242. The van der Waals surface area contributed by atoms with Gasteiger partial charge in [0.1, 0.15) is 0 Å². The average molecular weight is 511 g/mol. The van der Waals surface area contributed by atoms with E-state index in [1.165, 1.54) is 36.8 Å². The molecular weight excluding hydrogens is 495 g/mol. The summed E-state index contributed by atoms with van der Waals surface area (Å²) in [6.45, 7) is 2.26. The summed E-state index contributed by atoms with van der Waals surface area (Å²) in [6, 6.07) is 19.3. The molecule has 26 heavy (non-hydrogen) atoms. The summed E-state index contributed by atoms with van der Waals surface area (Å²) in [5.41, 5.74) is 1.54. The monoisotopic (exact) mass is 514 g/mol. The van der Waals surface area contributed by atoms with Crippen LogP contribution >= 0.6 is 0 Å². The Morgan fingerprint density at radius 3 is 2.31 bits per heavy atom. The van der Waals surface area contributed by atoms with Crippen LogP contribution in [0.2, 0.25) is 0 Å².